The molecule has 1 aromatic rings. The van der Waals surface area contributed by atoms with Gasteiger partial charge in [0.05, 0.1) is 11.5 Å². The Hall–Kier alpha value is -0.890. The molecule has 0 aromatic heterocycles. The van der Waals surface area contributed by atoms with Crippen molar-refractivity contribution in [2.45, 2.75) is 25.4 Å². The van der Waals surface area contributed by atoms with E-state index in [0.717, 1.165) is 10.0 Å². The molecular weight excluding hydrogens is 294 g/mol. The molecule has 1 aromatic carbocycles. The molecule has 1 aliphatic rings. The molecule has 0 spiro atoms. The summed E-state index contributed by atoms with van der Waals surface area (Å²) in [7, 11) is 0. The number of ether oxygens (including phenoxy) is 1. The van der Waals surface area contributed by atoms with Gasteiger partial charge in [0.2, 0.25) is 0 Å². The van der Waals surface area contributed by atoms with Gasteiger partial charge < -0.3 is 9.84 Å². The maximum Gasteiger partial charge on any atom is 0.106 e. The third-order valence-corrected chi connectivity index (χ3v) is 4.43. The minimum absolute atomic E-state index is 0.528. The van der Waals surface area contributed by atoms with Crippen molar-refractivity contribution < 1.29 is 9.84 Å². The molecule has 4 heteroatoms. The fourth-order valence-electron chi connectivity index (χ4n) is 2.48. The van der Waals surface area contributed by atoms with Crippen LogP contribution in [0.4, 0.5) is 0 Å². The summed E-state index contributed by atoms with van der Waals surface area (Å²) in [5, 5.41) is 20.4. The maximum atomic E-state index is 10.9. The average molecular weight is 310 g/mol. The van der Waals surface area contributed by atoms with Crippen molar-refractivity contribution in [2.24, 2.45) is 5.41 Å². The quantitative estimate of drug-likeness (QED) is 0.913. The zero-order valence-electron chi connectivity index (χ0n) is 10.3. The van der Waals surface area contributed by atoms with Gasteiger partial charge in [0, 0.05) is 17.7 Å². The van der Waals surface area contributed by atoms with Crippen LogP contribution in [0, 0.1) is 16.7 Å². The molecule has 1 atom stereocenters. The normalized spacial score (nSPS) is 21.9. The highest BCUT2D eigenvalue weighted by molar-refractivity contribution is 9.10. The molecule has 1 aliphatic heterocycles. The van der Waals surface area contributed by atoms with E-state index < -0.39 is 11.0 Å². The van der Waals surface area contributed by atoms with Crippen LogP contribution in [0.1, 0.15) is 25.3 Å². The number of nitrogens with zero attached hydrogens (tertiary/aromatic N) is 1. The fraction of sp³-hybridized carbons (Fsp3) is 0.500. The molecule has 1 heterocycles. The highest BCUT2D eigenvalue weighted by atomic mass is 79.9. The summed E-state index contributed by atoms with van der Waals surface area (Å²) in [6.07, 6.45) is 1.12. The number of halogens is 1. The Morgan fingerprint density at radius 2 is 1.89 bits per heavy atom. The fourth-order valence-corrected chi connectivity index (χ4v) is 2.74. The summed E-state index contributed by atoms with van der Waals surface area (Å²) in [5.41, 5.74) is -1.15. The number of hydrogen-bond donors (Lipinski definition) is 1. The summed E-state index contributed by atoms with van der Waals surface area (Å²) in [5.74, 6) is 0. The topological polar surface area (TPSA) is 53.2 Å². The van der Waals surface area contributed by atoms with E-state index in [2.05, 4.69) is 22.0 Å². The number of hydrogen-bond acceptors (Lipinski definition) is 3. The largest absolute Gasteiger partial charge is 0.384 e. The van der Waals surface area contributed by atoms with Crippen molar-refractivity contribution in [3.8, 4) is 6.07 Å². The van der Waals surface area contributed by atoms with Crippen LogP contribution in [-0.2, 0) is 10.3 Å². The highest BCUT2D eigenvalue weighted by Crippen LogP contribution is 2.46. The van der Waals surface area contributed by atoms with Gasteiger partial charge in [-0.1, -0.05) is 28.1 Å². The van der Waals surface area contributed by atoms with Crippen LogP contribution in [0.25, 0.3) is 0 Å². The first-order chi connectivity index (χ1) is 8.52. The van der Waals surface area contributed by atoms with E-state index in [1.54, 1.807) is 6.92 Å². The monoisotopic (exact) mass is 309 g/mol. The van der Waals surface area contributed by atoms with Crippen LogP contribution in [0.3, 0.4) is 0 Å². The molecule has 1 fully saturated rings. The van der Waals surface area contributed by atoms with Crippen LogP contribution in [-0.4, -0.2) is 18.3 Å². The Labute approximate surface area is 116 Å². The summed E-state index contributed by atoms with van der Waals surface area (Å²) < 4.78 is 6.27. The van der Waals surface area contributed by atoms with Crippen LogP contribution in [0.5, 0.6) is 0 Å². The molecular formula is C14H16BrNO2. The van der Waals surface area contributed by atoms with Crippen molar-refractivity contribution in [1.82, 2.24) is 0 Å². The Morgan fingerprint density at radius 1 is 1.33 bits per heavy atom. The molecule has 0 saturated carbocycles. The molecule has 2 rings (SSSR count). The van der Waals surface area contributed by atoms with Gasteiger partial charge in [-0.2, -0.15) is 5.26 Å². The number of aliphatic hydroxyl groups is 1. The van der Waals surface area contributed by atoms with E-state index in [1.165, 1.54) is 0 Å². The van der Waals surface area contributed by atoms with E-state index in [9.17, 15) is 10.4 Å². The lowest BCUT2D eigenvalue weighted by atomic mass is 9.66. The molecule has 1 N–H and O–H groups in total. The second-order valence-corrected chi connectivity index (χ2v) is 5.80. The van der Waals surface area contributed by atoms with Crippen LogP contribution >= 0.6 is 15.9 Å². The van der Waals surface area contributed by atoms with Gasteiger partial charge in [0.25, 0.3) is 0 Å². The Kier molecular flexibility index (Phi) is 3.76. The summed E-state index contributed by atoms with van der Waals surface area (Å²) in [6.45, 7) is 2.78. The van der Waals surface area contributed by atoms with Gasteiger partial charge in [-0.15, -0.1) is 0 Å². The van der Waals surface area contributed by atoms with E-state index in [-0.39, 0.29) is 0 Å². The minimum Gasteiger partial charge on any atom is -0.384 e. The first-order valence-electron chi connectivity index (χ1n) is 5.99. The van der Waals surface area contributed by atoms with Crippen LogP contribution in [0.2, 0.25) is 0 Å². The zero-order valence-corrected chi connectivity index (χ0v) is 11.9. The first kappa shape index (κ1) is 13.5. The van der Waals surface area contributed by atoms with Crippen LogP contribution in [0.15, 0.2) is 28.7 Å². The molecule has 3 nitrogen and oxygen atoms in total. The average Bonchev–Trinajstić information content (AvgIpc) is 2.40. The van der Waals surface area contributed by atoms with Gasteiger partial charge in [0.15, 0.2) is 0 Å². The second-order valence-electron chi connectivity index (χ2n) is 4.89. The minimum atomic E-state index is -1.16. The van der Waals surface area contributed by atoms with Crippen LogP contribution < -0.4 is 0 Å². The molecule has 0 radical (unpaired) electrons. The number of rotatable bonds is 2. The number of benzene rings is 1. The van der Waals surface area contributed by atoms with Gasteiger partial charge in [-0.3, -0.25) is 0 Å². The van der Waals surface area contributed by atoms with E-state index in [4.69, 9.17) is 4.74 Å². The maximum absolute atomic E-state index is 10.9. The Bertz CT molecular complexity index is 456. The molecule has 18 heavy (non-hydrogen) atoms. The predicted octanol–water partition coefficient (Wildman–Crippen LogP) is 2.98. The molecule has 1 unspecified atom stereocenters. The van der Waals surface area contributed by atoms with Crippen molar-refractivity contribution in [1.29, 1.82) is 5.26 Å². The molecule has 0 bridgehead atoms. The van der Waals surface area contributed by atoms with Crippen molar-refractivity contribution in [3.63, 3.8) is 0 Å². The lowest BCUT2D eigenvalue weighted by Crippen LogP contribution is -2.46. The van der Waals surface area contributed by atoms with E-state index in [1.807, 2.05) is 24.3 Å². The van der Waals surface area contributed by atoms with E-state index in [0.29, 0.717) is 26.1 Å². The highest BCUT2D eigenvalue weighted by Gasteiger charge is 2.49. The van der Waals surface area contributed by atoms with Crippen molar-refractivity contribution >= 4 is 15.9 Å². The number of nitriles is 1. The van der Waals surface area contributed by atoms with Gasteiger partial charge >= 0.3 is 0 Å². The van der Waals surface area contributed by atoms with Crippen molar-refractivity contribution in [3.05, 3.63) is 34.3 Å². The SMILES string of the molecule is CC(O)(c1ccc(Br)cc1)C1(C#N)CCOCC1. The lowest BCUT2D eigenvalue weighted by molar-refractivity contribution is -0.0974. The summed E-state index contributed by atoms with van der Waals surface area (Å²) >= 11 is 3.37. The Morgan fingerprint density at radius 3 is 2.39 bits per heavy atom. The lowest BCUT2D eigenvalue weighted by Gasteiger charge is -2.42. The van der Waals surface area contributed by atoms with Gasteiger partial charge in [0.1, 0.15) is 5.60 Å². The molecule has 1 saturated heterocycles. The first-order valence-corrected chi connectivity index (χ1v) is 6.79. The summed E-state index contributed by atoms with van der Waals surface area (Å²) in [6, 6.07) is 9.81. The molecule has 96 valence electrons. The third kappa shape index (κ3) is 2.18. The predicted molar refractivity (Wildman–Crippen MR) is 71.8 cm³/mol. The summed E-state index contributed by atoms with van der Waals surface area (Å²) in [4.78, 5) is 0. The Balaban J connectivity index is 2.39. The smallest absolute Gasteiger partial charge is 0.106 e. The standard InChI is InChI=1S/C14H16BrNO2/c1-13(17,11-2-4-12(15)5-3-11)14(10-16)6-8-18-9-7-14/h2-5,17H,6-9H2,1H3. The zero-order chi connectivity index (χ0) is 13.2. The molecule has 0 aliphatic carbocycles. The van der Waals surface area contributed by atoms with Gasteiger partial charge in [-0.05, 0) is 37.5 Å². The van der Waals surface area contributed by atoms with Gasteiger partial charge in [-0.25, -0.2) is 0 Å². The third-order valence-electron chi connectivity index (χ3n) is 3.90. The van der Waals surface area contributed by atoms with Crippen molar-refractivity contribution in [2.75, 3.05) is 13.2 Å². The van der Waals surface area contributed by atoms with E-state index >= 15 is 0 Å². The molecule has 0 amide bonds. The second kappa shape index (κ2) is 5.00.